The second kappa shape index (κ2) is 8.91. The van der Waals surface area contributed by atoms with Gasteiger partial charge in [-0.25, -0.2) is 4.74 Å². The number of aromatic hydroxyl groups is 4. The summed E-state index contributed by atoms with van der Waals surface area (Å²) in [6.07, 6.45) is 4.83. The van der Waals surface area contributed by atoms with Gasteiger partial charge in [-0.15, -0.1) is 0 Å². The standard InChI is InChI=1S/C23H21NO6/c1-30-23-11-16(5-9-21(23)27)3-2-15-4-8-20(26)18(10-15)14-24(29)13-17-6-7-19(25)12-22(17)28/h2-12,14,25-28H,13H2,1H3. The van der Waals surface area contributed by atoms with Crippen molar-refractivity contribution in [1.82, 2.24) is 0 Å². The lowest BCUT2D eigenvalue weighted by Gasteiger charge is -2.07. The Balaban J connectivity index is 1.81. The van der Waals surface area contributed by atoms with Crippen molar-refractivity contribution >= 4 is 18.4 Å². The zero-order valence-corrected chi connectivity index (χ0v) is 16.2. The molecule has 0 unspecified atom stereocenters. The van der Waals surface area contributed by atoms with E-state index in [0.717, 1.165) is 17.2 Å². The molecule has 0 amide bonds. The number of phenols is 4. The van der Waals surface area contributed by atoms with E-state index in [1.807, 2.05) is 6.08 Å². The van der Waals surface area contributed by atoms with E-state index in [2.05, 4.69) is 0 Å². The minimum absolute atomic E-state index is 0.0476. The van der Waals surface area contributed by atoms with E-state index in [4.69, 9.17) is 4.74 Å². The summed E-state index contributed by atoms with van der Waals surface area (Å²) in [5.74, 6) is 0.0625. The van der Waals surface area contributed by atoms with E-state index >= 15 is 0 Å². The Morgan fingerprint density at radius 2 is 1.50 bits per heavy atom. The Labute approximate surface area is 173 Å². The lowest BCUT2D eigenvalue weighted by Crippen LogP contribution is -2.06. The van der Waals surface area contributed by atoms with Gasteiger partial charge < -0.3 is 30.4 Å². The van der Waals surface area contributed by atoms with Crippen molar-refractivity contribution in [1.29, 1.82) is 0 Å². The third-order valence-electron chi connectivity index (χ3n) is 4.40. The van der Waals surface area contributed by atoms with Gasteiger partial charge in [0.2, 0.25) is 0 Å². The number of hydrogen-bond donors (Lipinski definition) is 4. The highest BCUT2D eigenvalue weighted by Crippen LogP contribution is 2.27. The molecule has 3 aromatic rings. The maximum Gasteiger partial charge on any atom is 0.185 e. The van der Waals surface area contributed by atoms with Gasteiger partial charge in [-0.2, -0.15) is 0 Å². The van der Waals surface area contributed by atoms with Crippen LogP contribution in [-0.4, -0.2) is 38.5 Å². The van der Waals surface area contributed by atoms with Gasteiger partial charge in [0.25, 0.3) is 0 Å². The number of hydrogen-bond acceptors (Lipinski definition) is 6. The lowest BCUT2D eigenvalue weighted by atomic mass is 10.1. The van der Waals surface area contributed by atoms with Crippen molar-refractivity contribution in [2.75, 3.05) is 7.11 Å². The fourth-order valence-corrected chi connectivity index (χ4v) is 2.83. The van der Waals surface area contributed by atoms with Crippen LogP contribution in [0.2, 0.25) is 0 Å². The number of hydroxylamine groups is 1. The van der Waals surface area contributed by atoms with E-state index in [0.29, 0.717) is 21.6 Å². The SMILES string of the molecule is COc1cc(C=Cc2ccc(O)c(C=[N+]([O-])Cc3ccc(O)cc3O)c2)ccc1O. The number of benzene rings is 3. The molecule has 0 aliphatic carbocycles. The number of nitrogens with zero attached hydrogens (tertiary/aromatic N) is 1. The molecule has 0 aromatic heterocycles. The fourth-order valence-electron chi connectivity index (χ4n) is 2.83. The second-order valence-corrected chi connectivity index (χ2v) is 6.60. The summed E-state index contributed by atoms with van der Waals surface area (Å²) in [7, 11) is 1.47. The summed E-state index contributed by atoms with van der Waals surface area (Å²) < 4.78 is 5.67. The smallest absolute Gasteiger partial charge is 0.185 e. The van der Waals surface area contributed by atoms with Gasteiger partial charge in [0, 0.05) is 6.07 Å². The molecule has 0 atom stereocenters. The van der Waals surface area contributed by atoms with E-state index in [-0.39, 0.29) is 29.5 Å². The first-order valence-electron chi connectivity index (χ1n) is 9.03. The molecule has 3 rings (SSSR count). The quantitative estimate of drug-likeness (QED) is 0.162. The Morgan fingerprint density at radius 3 is 2.17 bits per heavy atom. The molecule has 0 heterocycles. The lowest BCUT2D eigenvalue weighted by molar-refractivity contribution is -0.469. The average Bonchev–Trinajstić information content (AvgIpc) is 2.71. The Bertz CT molecular complexity index is 1120. The van der Waals surface area contributed by atoms with Crippen molar-refractivity contribution in [3.8, 4) is 28.7 Å². The molecule has 154 valence electrons. The van der Waals surface area contributed by atoms with Crippen molar-refractivity contribution in [2.24, 2.45) is 0 Å². The summed E-state index contributed by atoms with van der Waals surface area (Å²) in [5, 5.41) is 51.2. The third-order valence-corrected chi connectivity index (χ3v) is 4.40. The van der Waals surface area contributed by atoms with E-state index in [9.17, 15) is 25.6 Å². The highest BCUT2D eigenvalue weighted by Gasteiger charge is 2.09. The number of methoxy groups -OCH3 is 1. The summed E-state index contributed by atoms with van der Waals surface area (Å²) in [5.41, 5.74) is 2.20. The number of ether oxygens (including phenoxy) is 1. The fraction of sp³-hybridized carbons (Fsp3) is 0.0870. The van der Waals surface area contributed by atoms with Crippen LogP contribution in [0.4, 0.5) is 0 Å². The predicted octanol–water partition coefficient (Wildman–Crippen LogP) is 3.82. The molecule has 3 aromatic carbocycles. The Morgan fingerprint density at radius 1 is 0.833 bits per heavy atom. The first kappa shape index (κ1) is 20.6. The van der Waals surface area contributed by atoms with Crippen LogP contribution in [0, 0.1) is 5.21 Å². The monoisotopic (exact) mass is 407 g/mol. The average molecular weight is 407 g/mol. The van der Waals surface area contributed by atoms with E-state index in [1.54, 1.807) is 30.3 Å². The molecule has 0 aliphatic rings. The Kier molecular flexibility index (Phi) is 6.12. The van der Waals surface area contributed by atoms with Gasteiger partial charge in [-0.1, -0.05) is 24.3 Å². The van der Waals surface area contributed by atoms with Crippen LogP contribution < -0.4 is 4.74 Å². The van der Waals surface area contributed by atoms with Gasteiger partial charge in [-0.05, 0) is 47.5 Å². The van der Waals surface area contributed by atoms with Crippen LogP contribution in [0.3, 0.4) is 0 Å². The third kappa shape index (κ3) is 5.02. The molecule has 0 spiro atoms. The molecule has 0 saturated heterocycles. The van der Waals surface area contributed by atoms with Crippen molar-refractivity contribution < 1.29 is 29.9 Å². The van der Waals surface area contributed by atoms with Gasteiger partial charge in [-0.3, -0.25) is 0 Å². The van der Waals surface area contributed by atoms with Crippen LogP contribution in [0.15, 0.2) is 54.6 Å². The molecular formula is C23H21NO6. The largest absolute Gasteiger partial charge is 0.624 e. The maximum atomic E-state index is 12.3. The van der Waals surface area contributed by atoms with Crippen LogP contribution in [0.25, 0.3) is 12.2 Å². The molecule has 0 bridgehead atoms. The minimum Gasteiger partial charge on any atom is -0.624 e. The van der Waals surface area contributed by atoms with Crippen molar-refractivity contribution in [3.63, 3.8) is 0 Å². The molecular weight excluding hydrogens is 386 g/mol. The molecule has 0 saturated carbocycles. The second-order valence-electron chi connectivity index (χ2n) is 6.60. The summed E-state index contributed by atoms with van der Waals surface area (Å²) in [4.78, 5) is 0. The van der Waals surface area contributed by atoms with Crippen molar-refractivity contribution in [3.05, 3.63) is 82.1 Å². The topological polar surface area (TPSA) is 116 Å². The minimum atomic E-state index is -0.186. The van der Waals surface area contributed by atoms with Gasteiger partial charge in [0.1, 0.15) is 17.2 Å². The summed E-state index contributed by atoms with van der Waals surface area (Å²) >= 11 is 0. The van der Waals surface area contributed by atoms with Gasteiger partial charge in [0.15, 0.2) is 24.3 Å². The molecule has 0 radical (unpaired) electrons. The highest BCUT2D eigenvalue weighted by molar-refractivity contribution is 5.82. The van der Waals surface area contributed by atoms with Gasteiger partial charge in [0.05, 0.1) is 18.2 Å². The van der Waals surface area contributed by atoms with E-state index < -0.39 is 0 Å². The molecule has 7 nitrogen and oxygen atoms in total. The first-order valence-corrected chi connectivity index (χ1v) is 9.03. The zero-order valence-electron chi connectivity index (χ0n) is 16.2. The van der Waals surface area contributed by atoms with Crippen LogP contribution >= 0.6 is 0 Å². The van der Waals surface area contributed by atoms with Crippen LogP contribution in [0.5, 0.6) is 28.7 Å². The zero-order chi connectivity index (χ0) is 21.7. The molecule has 30 heavy (non-hydrogen) atoms. The van der Waals surface area contributed by atoms with Crippen LogP contribution in [0.1, 0.15) is 22.3 Å². The van der Waals surface area contributed by atoms with Crippen molar-refractivity contribution in [2.45, 2.75) is 6.54 Å². The first-order chi connectivity index (χ1) is 14.4. The van der Waals surface area contributed by atoms with Gasteiger partial charge >= 0.3 is 0 Å². The molecule has 4 N–H and O–H groups in total. The Hall–Kier alpha value is -4.13. The normalized spacial score (nSPS) is 11.7. The van der Waals surface area contributed by atoms with Crippen LogP contribution in [-0.2, 0) is 6.54 Å². The predicted molar refractivity (Wildman–Crippen MR) is 114 cm³/mol. The molecule has 7 heteroatoms. The number of phenolic OH excluding ortho intramolecular Hbond substituents is 4. The summed E-state index contributed by atoms with van der Waals surface area (Å²) in [6.45, 7) is -0.154. The number of rotatable bonds is 6. The summed E-state index contributed by atoms with van der Waals surface area (Å²) in [6, 6.07) is 13.8. The molecule has 0 aliphatic heterocycles. The highest BCUT2D eigenvalue weighted by atomic mass is 16.5. The maximum absolute atomic E-state index is 12.3. The molecule has 0 fully saturated rings. The van der Waals surface area contributed by atoms with E-state index in [1.165, 1.54) is 37.6 Å².